The van der Waals surface area contributed by atoms with Crippen LogP contribution in [0.2, 0.25) is 5.02 Å². The maximum atomic E-state index is 12.2. The summed E-state index contributed by atoms with van der Waals surface area (Å²) in [5.41, 5.74) is 3.09. The monoisotopic (exact) mass is 313 g/mol. The summed E-state index contributed by atoms with van der Waals surface area (Å²) in [6, 6.07) is 11.0. The molecule has 0 unspecified atom stereocenters. The predicted molar refractivity (Wildman–Crippen MR) is 85.4 cm³/mol. The van der Waals surface area contributed by atoms with Crippen LogP contribution in [0.1, 0.15) is 11.1 Å². The van der Waals surface area contributed by atoms with E-state index >= 15 is 0 Å². The van der Waals surface area contributed by atoms with E-state index in [2.05, 4.69) is 5.32 Å². The zero-order chi connectivity index (χ0) is 15.1. The molecule has 2 aromatic carbocycles. The molecule has 1 N–H and O–H groups in total. The first-order valence-electron chi connectivity index (χ1n) is 6.93. The molecule has 0 spiro atoms. The highest BCUT2D eigenvalue weighted by atomic mass is 35.5. The average Bonchev–Trinajstić information content (AvgIpc) is 2.82. The zero-order valence-electron chi connectivity index (χ0n) is 11.6. The number of hydrogen-bond acceptors (Lipinski definition) is 3. The second-order valence-electron chi connectivity index (χ2n) is 5.11. The molecule has 0 fully saturated rings. The van der Waals surface area contributed by atoms with Crippen molar-refractivity contribution in [2.45, 2.75) is 0 Å². The van der Waals surface area contributed by atoms with Gasteiger partial charge in [0.25, 0.3) is 5.91 Å². The van der Waals surface area contributed by atoms with Gasteiger partial charge in [0.2, 0.25) is 0 Å². The Labute approximate surface area is 132 Å². The molecule has 0 saturated heterocycles. The molecule has 22 heavy (non-hydrogen) atoms. The Bertz CT molecular complexity index is 814. The normalized spacial score (nSPS) is 17.3. The van der Waals surface area contributed by atoms with E-state index < -0.39 is 0 Å². The van der Waals surface area contributed by atoms with Crippen LogP contribution in [0.3, 0.4) is 0 Å². The van der Waals surface area contributed by atoms with Crippen molar-refractivity contribution in [3.05, 3.63) is 52.5 Å². The lowest BCUT2D eigenvalue weighted by Crippen LogP contribution is -2.15. The number of fused-ring (bicyclic) bond motifs is 2. The van der Waals surface area contributed by atoms with E-state index in [1.54, 1.807) is 12.1 Å². The number of amides is 1. The second-order valence-corrected chi connectivity index (χ2v) is 5.54. The number of halogens is 1. The van der Waals surface area contributed by atoms with E-state index in [9.17, 15) is 4.79 Å². The van der Waals surface area contributed by atoms with Gasteiger partial charge >= 0.3 is 0 Å². The molecule has 2 aliphatic heterocycles. The van der Waals surface area contributed by atoms with Crippen LogP contribution in [0.5, 0.6) is 11.5 Å². The van der Waals surface area contributed by atoms with Crippen molar-refractivity contribution < 1.29 is 14.3 Å². The predicted octanol–water partition coefficient (Wildman–Crippen LogP) is 3.60. The minimum Gasteiger partial charge on any atom is -0.486 e. The summed E-state index contributed by atoms with van der Waals surface area (Å²) in [5.74, 6) is 1.30. The van der Waals surface area contributed by atoms with E-state index in [1.807, 2.05) is 30.3 Å². The SMILES string of the molecule is O=C1Nc2cc(Cl)ccc2C1=Cc1ccc2c(c1)OCCO2. The fraction of sp³-hybridized carbons (Fsp3) is 0.118. The number of hydrogen-bond donors (Lipinski definition) is 1. The number of nitrogens with one attached hydrogen (secondary N) is 1. The van der Waals surface area contributed by atoms with Gasteiger partial charge in [-0.3, -0.25) is 4.79 Å². The van der Waals surface area contributed by atoms with Gasteiger partial charge < -0.3 is 14.8 Å². The molecule has 0 aliphatic carbocycles. The first-order valence-corrected chi connectivity index (χ1v) is 7.31. The van der Waals surface area contributed by atoms with Crippen molar-refractivity contribution in [1.29, 1.82) is 0 Å². The van der Waals surface area contributed by atoms with E-state index in [-0.39, 0.29) is 5.91 Å². The highest BCUT2D eigenvalue weighted by molar-refractivity contribution is 6.36. The number of rotatable bonds is 1. The largest absolute Gasteiger partial charge is 0.486 e. The molecule has 0 radical (unpaired) electrons. The van der Waals surface area contributed by atoms with Crippen LogP contribution in [0.4, 0.5) is 5.69 Å². The van der Waals surface area contributed by atoms with Gasteiger partial charge in [0.1, 0.15) is 13.2 Å². The molecule has 0 atom stereocenters. The average molecular weight is 314 g/mol. The molecule has 2 aromatic rings. The Morgan fingerprint density at radius 2 is 1.86 bits per heavy atom. The molecule has 0 saturated carbocycles. The summed E-state index contributed by atoms with van der Waals surface area (Å²) in [4.78, 5) is 12.2. The van der Waals surface area contributed by atoms with Gasteiger partial charge in [0, 0.05) is 16.2 Å². The molecular weight excluding hydrogens is 302 g/mol. The third kappa shape index (κ3) is 2.22. The Morgan fingerprint density at radius 1 is 1.05 bits per heavy atom. The fourth-order valence-corrected chi connectivity index (χ4v) is 2.80. The van der Waals surface area contributed by atoms with E-state index in [0.29, 0.717) is 29.6 Å². The number of anilines is 1. The van der Waals surface area contributed by atoms with Gasteiger partial charge in [-0.2, -0.15) is 0 Å². The molecular formula is C17H12ClNO3. The standard InChI is InChI=1S/C17H12ClNO3/c18-11-2-3-12-13(17(20)19-14(12)9-11)7-10-1-4-15-16(8-10)22-6-5-21-15/h1-4,7-9H,5-6H2,(H,19,20). The molecule has 0 aromatic heterocycles. The lowest BCUT2D eigenvalue weighted by atomic mass is 10.0. The smallest absolute Gasteiger partial charge is 0.256 e. The molecule has 2 aliphatic rings. The molecule has 2 heterocycles. The molecule has 4 nitrogen and oxygen atoms in total. The Hall–Kier alpha value is -2.46. The number of carbonyl (C=O) groups is 1. The maximum absolute atomic E-state index is 12.2. The van der Waals surface area contributed by atoms with Crippen molar-refractivity contribution in [3.63, 3.8) is 0 Å². The first-order chi connectivity index (χ1) is 10.7. The summed E-state index contributed by atoms with van der Waals surface area (Å²) in [6.45, 7) is 1.10. The van der Waals surface area contributed by atoms with Crippen LogP contribution in [-0.2, 0) is 4.79 Å². The van der Waals surface area contributed by atoms with Crippen molar-refractivity contribution in [2.24, 2.45) is 0 Å². The quantitative estimate of drug-likeness (QED) is 0.818. The third-order valence-corrected chi connectivity index (χ3v) is 3.88. The van der Waals surface area contributed by atoms with Gasteiger partial charge in [-0.25, -0.2) is 0 Å². The van der Waals surface area contributed by atoms with Crippen molar-refractivity contribution in [3.8, 4) is 11.5 Å². The third-order valence-electron chi connectivity index (χ3n) is 3.64. The minimum atomic E-state index is -0.132. The highest BCUT2D eigenvalue weighted by Gasteiger charge is 2.24. The number of carbonyl (C=O) groups excluding carboxylic acids is 1. The lowest BCUT2D eigenvalue weighted by molar-refractivity contribution is -0.110. The van der Waals surface area contributed by atoms with Gasteiger partial charge in [0.15, 0.2) is 11.5 Å². The van der Waals surface area contributed by atoms with Crippen LogP contribution in [0, 0.1) is 0 Å². The topological polar surface area (TPSA) is 47.6 Å². The van der Waals surface area contributed by atoms with Crippen molar-refractivity contribution in [2.75, 3.05) is 18.5 Å². The van der Waals surface area contributed by atoms with Gasteiger partial charge in [-0.1, -0.05) is 23.7 Å². The minimum absolute atomic E-state index is 0.132. The summed E-state index contributed by atoms with van der Waals surface area (Å²) in [5, 5.41) is 3.42. The summed E-state index contributed by atoms with van der Waals surface area (Å²) in [6.07, 6.45) is 1.84. The van der Waals surface area contributed by atoms with E-state index in [0.717, 1.165) is 22.6 Å². The molecule has 1 amide bonds. The van der Waals surface area contributed by atoms with Gasteiger partial charge in [-0.15, -0.1) is 0 Å². The fourth-order valence-electron chi connectivity index (χ4n) is 2.63. The van der Waals surface area contributed by atoms with Crippen LogP contribution < -0.4 is 14.8 Å². The Balaban J connectivity index is 1.76. The lowest BCUT2D eigenvalue weighted by Gasteiger charge is -2.18. The summed E-state index contributed by atoms with van der Waals surface area (Å²) >= 11 is 5.96. The van der Waals surface area contributed by atoms with Gasteiger partial charge in [-0.05, 0) is 35.9 Å². The molecule has 4 rings (SSSR count). The van der Waals surface area contributed by atoms with Gasteiger partial charge in [0.05, 0.1) is 5.69 Å². The Morgan fingerprint density at radius 3 is 2.73 bits per heavy atom. The van der Waals surface area contributed by atoms with Crippen LogP contribution in [0.15, 0.2) is 36.4 Å². The van der Waals surface area contributed by atoms with E-state index in [4.69, 9.17) is 21.1 Å². The Kier molecular flexibility index (Phi) is 3.05. The second kappa shape index (κ2) is 5.07. The zero-order valence-corrected chi connectivity index (χ0v) is 12.3. The first kappa shape index (κ1) is 13.2. The van der Waals surface area contributed by atoms with Crippen molar-refractivity contribution in [1.82, 2.24) is 0 Å². The highest BCUT2D eigenvalue weighted by Crippen LogP contribution is 2.36. The molecule has 5 heteroatoms. The van der Waals surface area contributed by atoms with Crippen LogP contribution in [-0.4, -0.2) is 19.1 Å². The van der Waals surface area contributed by atoms with Crippen molar-refractivity contribution >= 4 is 34.8 Å². The van der Waals surface area contributed by atoms with E-state index in [1.165, 1.54) is 0 Å². The van der Waals surface area contributed by atoms with Crippen LogP contribution in [0.25, 0.3) is 11.6 Å². The number of benzene rings is 2. The molecule has 110 valence electrons. The summed E-state index contributed by atoms with van der Waals surface area (Å²) in [7, 11) is 0. The number of ether oxygens (including phenoxy) is 2. The summed E-state index contributed by atoms with van der Waals surface area (Å²) < 4.78 is 11.1. The van der Waals surface area contributed by atoms with Crippen LogP contribution >= 0.6 is 11.6 Å². The molecule has 0 bridgehead atoms. The maximum Gasteiger partial charge on any atom is 0.256 e.